The molecule has 0 amide bonds. The van der Waals surface area contributed by atoms with Gasteiger partial charge in [-0.1, -0.05) is 43.9 Å². The van der Waals surface area contributed by atoms with E-state index < -0.39 is 10.0 Å². The number of hydrogen-bond acceptors (Lipinski definition) is 4. The average Bonchev–Trinajstić information content (AvgIpc) is 3.33. The van der Waals surface area contributed by atoms with Gasteiger partial charge in [-0.25, -0.2) is 17.9 Å². The second-order valence-electron chi connectivity index (χ2n) is 9.60. The van der Waals surface area contributed by atoms with Crippen molar-refractivity contribution < 1.29 is 8.42 Å². The molecule has 1 aliphatic heterocycles. The Morgan fingerprint density at radius 1 is 1.03 bits per heavy atom. The zero-order valence-electron chi connectivity index (χ0n) is 19.4. The molecular formula is C25H34N4O2S2. The highest BCUT2D eigenvalue weighted by molar-refractivity contribution is 7.95. The van der Waals surface area contributed by atoms with Crippen LogP contribution in [0.4, 0.5) is 0 Å². The monoisotopic (exact) mass is 486 g/mol. The maximum Gasteiger partial charge on any atom is 0.239 e. The van der Waals surface area contributed by atoms with Gasteiger partial charge >= 0.3 is 0 Å². The van der Waals surface area contributed by atoms with Gasteiger partial charge in [-0.05, 0) is 50.7 Å². The fraction of sp³-hybridized carbons (Fsp3) is 0.520. The Morgan fingerprint density at radius 3 is 2.45 bits per heavy atom. The minimum Gasteiger partial charge on any atom is -0.343 e. The third kappa shape index (κ3) is 4.76. The van der Waals surface area contributed by atoms with E-state index in [0.717, 1.165) is 47.5 Å². The normalized spacial score (nSPS) is 18.8. The highest BCUT2D eigenvalue weighted by atomic mass is 32.2. The molecule has 1 saturated heterocycles. The van der Waals surface area contributed by atoms with E-state index >= 15 is 0 Å². The molecule has 8 heteroatoms. The van der Waals surface area contributed by atoms with E-state index in [0.29, 0.717) is 5.92 Å². The molecule has 3 heterocycles. The van der Waals surface area contributed by atoms with Crippen molar-refractivity contribution in [2.45, 2.75) is 69.7 Å². The van der Waals surface area contributed by atoms with E-state index in [2.05, 4.69) is 43.3 Å². The third-order valence-corrected chi connectivity index (χ3v) is 9.36. The lowest BCUT2D eigenvalue weighted by Gasteiger charge is -2.25. The maximum absolute atomic E-state index is 12.4. The van der Waals surface area contributed by atoms with Crippen LogP contribution in [0.15, 0.2) is 41.4 Å². The standard InChI is InChI=1S/C25H34N4O2S2/c1-19-25(33(26,30)31)16-24(28(19)17-20-10-4-2-5-11-20)22-18-29(23-13-7-6-12-21(22)23)32-27-14-8-3-9-15-27/h6-7,12-13,16,18,20H,2-5,8-11,14-15,17H2,1H3,(H2,26,30,31). The summed E-state index contributed by atoms with van der Waals surface area (Å²) in [6, 6.07) is 10.2. The summed E-state index contributed by atoms with van der Waals surface area (Å²) in [4.78, 5) is 0.244. The second-order valence-corrected chi connectivity index (χ2v) is 12.2. The second kappa shape index (κ2) is 9.49. The van der Waals surface area contributed by atoms with Crippen LogP contribution in [0.2, 0.25) is 0 Å². The molecule has 2 N–H and O–H groups in total. The molecule has 6 nitrogen and oxygen atoms in total. The van der Waals surface area contributed by atoms with Crippen LogP contribution in [-0.2, 0) is 16.6 Å². The number of aromatic nitrogens is 2. The van der Waals surface area contributed by atoms with Crippen LogP contribution in [-0.4, -0.2) is 34.4 Å². The van der Waals surface area contributed by atoms with Crippen LogP contribution in [0.5, 0.6) is 0 Å². The summed E-state index contributed by atoms with van der Waals surface area (Å²) in [5.74, 6) is 0.577. The smallest absolute Gasteiger partial charge is 0.239 e. The van der Waals surface area contributed by atoms with Crippen LogP contribution in [0.1, 0.15) is 57.1 Å². The average molecular weight is 487 g/mol. The van der Waals surface area contributed by atoms with E-state index in [4.69, 9.17) is 5.14 Å². The van der Waals surface area contributed by atoms with Crippen LogP contribution >= 0.6 is 12.1 Å². The summed E-state index contributed by atoms with van der Waals surface area (Å²) in [5.41, 5.74) is 3.93. The van der Waals surface area contributed by atoms with Crippen molar-refractivity contribution in [3.05, 3.63) is 42.2 Å². The fourth-order valence-corrected chi connectivity index (χ4v) is 7.35. The molecule has 3 aromatic rings. The van der Waals surface area contributed by atoms with Crippen molar-refractivity contribution in [1.29, 1.82) is 0 Å². The van der Waals surface area contributed by atoms with E-state index in [1.807, 2.05) is 6.92 Å². The first-order valence-corrected chi connectivity index (χ1v) is 14.5. The lowest BCUT2D eigenvalue weighted by molar-refractivity contribution is 0.318. The molecule has 178 valence electrons. The van der Waals surface area contributed by atoms with Crippen molar-refractivity contribution in [1.82, 2.24) is 12.8 Å². The zero-order valence-corrected chi connectivity index (χ0v) is 21.0. The molecule has 0 radical (unpaired) electrons. The number of benzene rings is 1. The molecular weight excluding hydrogens is 452 g/mol. The summed E-state index contributed by atoms with van der Waals surface area (Å²) in [6.07, 6.45) is 12.2. The number of para-hydroxylation sites is 1. The minimum absolute atomic E-state index is 0.244. The first-order chi connectivity index (χ1) is 15.9. The van der Waals surface area contributed by atoms with Gasteiger partial charge in [-0.15, -0.1) is 0 Å². The summed E-state index contributed by atoms with van der Waals surface area (Å²) < 4.78 is 31.7. The van der Waals surface area contributed by atoms with Crippen LogP contribution in [0, 0.1) is 12.8 Å². The third-order valence-electron chi connectivity index (χ3n) is 7.26. The molecule has 1 saturated carbocycles. The Hall–Kier alpha value is -1.74. The molecule has 0 atom stereocenters. The highest BCUT2D eigenvalue weighted by Crippen LogP contribution is 2.38. The van der Waals surface area contributed by atoms with Crippen molar-refractivity contribution in [3.63, 3.8) is 0 Å². The summed E-state index contributed by atoms with van der Waals surface area (Å²) in [7, 11) is -3.79. The van der Waals surface area contributed by atoms with Gasteiger partial charge < -0.3 is 4.57 Å². The fourth-order valence-electron chi connectivity index (χ4n) is 5.49. The van der Waals surface area contributed by atoms with Crippen LogP contribution in [0.25, 0.3) is 22.2 Å². The van der Waals surface area contributed by atoms with Crippen molar-refractivity contribution in [3.8, 4) is 11.3 Å². The van der Waals surface area contributed by atoms with Crippen molar-refractivity contribution in [2.24, 2.45) is 11.1 Å². The molecule has 0 unspecified atom stereocenters. The van der Waals surface area contributed by atoms with Gasteiger partial charge in [0.1, 0.15) is 4.90 Å². The Balaban J connectivity index is 1.61. The number of piperidine rings is 1. The molecule has 1 aromatic carbocycles. The van der Waals surface area contributed by atoms with Gasteiger partial charge in [-0.2, -0.15) is 0 Å². The van der Waals surface area contributed by atoms with Gasteiger partial charge in [0.25, 0.3) is 0 Å². The number of nitrogens with zero attached hydrogens (tertiary/aromatic N) is 3. The lowest BCUT2D eigenvalue weighted by atomic mass is 9.89. The Labute approximate surface area is 201 Å². The predicted molar refractivity (Wildman–Crippen MR) is 136 cm³/mol. The Kier molecular flexibility index (Phi) is 6.62. The molecule has 33 heavy (non-hydrogen) atoms. The largest absolute Gasteiger partial charge is 0.343 e. The van der Waals surface area contributed by atoms with Gasteiger partial charge in [0.15, 0.2) is 0 Å². The molecule has 2 aliphatic rings. The van der Waals surface area contributed by atoms with E-state index in [-0.39, 0.29) is 4.90 Å². The number of fused-ring (bicyclic) bond motifs is 1. The lowest BCUT2D eigenvalue weighted by Crippen LogP contribution is -2.24. The highest BCUT2D eigenvalue weighted by Gasteiger charge is 2.25. The Morgan fingerprint density at radius 2 is 1.73 bits per heavy atom. The van der Waals surface area contributed by atoms with Gasteiger partial charge in [0, 0.05) is 54.6 Å². The summed E-state index contributed by atoms with van der Waals surface area (Å²) in [5, 5.41) is 6.78. The van der Waals surface area contributed by atoms with E-state index in [9.17, 15) is 8.42 Å². The number of hydrogen-bond donors (Lipinski definition) is 1. The van der Waals surface area contributed by atoms with E-state index in [1.165, 1.54) is 51.4 Å². The summed E-state index contributed by atoms with van der Waals surface area (Å²) >= 11 is 1.77. The summed E-state index contributed by atoms with van der Waals surface area (Å²) in [6.45, 7) is 4.93. The molecule has 2 aromatic heterocycles. The van der Waals surface area contributed by atoms with Gasteiger partial charge in [0.05, 0.1) is 11.2 Å². The molecule has 1 aliphatic carbocycles. The van der Waals surface area contributed by atoms with Crippen LogP contribution in [0.3, 0.4) is 0 Å². The SMILES string of the molecule is Cc1c(S(N)(=O)=O)cc(-c2cn(SN3CCCCC3)c3ccccc23)n1CC1CCCCC1. The first kappa shape index (κ1) is 23.0. The minimum atomic E-state index is -3.79. The number of primary sulfonamides is 1. The number of sulfonamides is 1. The quantitative estimate of drug-likeness (QED) is 0.464. The topological polar surface area (TPSA) is 73.3 Å². The van der Waals surface area contributed by atoms with Crippen molar-refractivity contribution >= 4 is 33.1 Å². The predicted octanol–water partition coefficient (Wildman–Crippen LogP) is 5.54. The number of nitrogens with two attached hydrogens (primary N) is 1. The number of rotatable bonds is 6. The van der Waals surface area contributed by atoms with Gasteiger partial charge in [0.2, 0.25) is 10.0 Å². The van der Waals surface area contributed by atoms with Gasteiger partial charge in [-0.3, -0.25) is 3.97 Å². The first-order valence-electron chi connectivity index (χ1n) is 12.2. The van der Waals surface area contributed by atoms with Crippen LogP contribution < -0.4 is 5.14 Å². The van der Waals surface area contributed by atoms with E-state index in [1.54, 1.807) is 18.2 Å². The maximum atomic E-state index is 12.4. The zero-order chi connectivity index (χ0) is 23.0. The van der Waals surface area contributed by atoms with Crippen molar-refractivity contribution in [2.75, 3.05) is 13.1 Å². The Bertz CT molecular complexity index is 1230. The molecule has 5 rings (SSSR count). The molecule has 2 fully saturated rings. The molecule has 0 bridgehead atoms. The molecule has 0 spiro atoms.